The Morgan fingerprint density at radius 3 is 2.23 bits per heavy atom. The average molecular weight is 417 g/mol. The van der Waals surface area contributed by atoms with Crippen molar-refractivity contribution in [2.24, 2.45) is 0 Å². The first-order valence-corrected chi connectivity index (χ1v) is 10.9. The van der Waals surface area contributed by atoms with Crippen LogP contribution in [0.5, 0.6) is 0 Å². The van der Waals surface area contributed by atoms with Crippen molar-refractivity contribution in [3.05, 3.63) is 66.4 Å². The number of nitrogens with one attached hydrogen (secondary N) is 1. The second-order valence-electron chi connectivity index (χ2n) is 7.91. The van der Waals surface area contributed by atoms with Gasteiger partial charge in [-0.25, -0.2) is 4.68 Å². The van der Waals surface area contributed by atoms with Crippen molar-refractivity contribution < 1.29 is 9.59 Å². The minimum atomic E-state index is -0.181. The molecule has 0 unspecified atom stereocenters. The number of hydrogen-bond acceptors (Lipinski definition) is 3. The van der Waals surface area contributed by atoms with E-state index < -0.39 is 0 Å². The Morgan fingerprint density at radius 2 is 1.55 bits per heavy atom. The summed E-state index contributed by atoms with van der Waals surface area (Å²) in [4.78, 5) is 27.2. The Bertz CT molecular complexity index is 1040. The summed E-state index contributed by atoms with van der Waals surface area (Å²) in [5, 5.41) is 7.75. The molecule has 1 fully saturated rings. The molecule has 3 aromatic rings. The van der Waals surface area contributed by atoms with Crippen LogP contribution in [-0.2, 0) is 9.59 Å². The van der Waals surface area contributed by atoms with E-state index in [9.17, 15) is 9.59 Å². The highest BCUT2D eigenvalue weighted by atomic mass is 16.2. The molecular weight excluding hydrogens is 388 g/mol. The SMILES string of the molecule is Cc1nn(-c2ccccc2)c(NC(=O)CCC(=O)N2CCCCC2)c1-c1ccccc1. The van der Waals surface area contributed by atoms with Gasteiger partial charge in [0.05, 0.1) is 11.4 Å². The lowest BCUT2D eigenvalue weighted by atomic mass is 10.1. The van der Waals surface area contributed by atoms with E-state index in [0.29, 0.717) is 5.82 Å². The quantitative estimate of drug-likeness (QED) is 0.640. The minimum absolute atomic E-state index is 0.0610. The molecule has 0 spiro atoms. The Hall–Kier alpha value is -3.41. The van der Waals surface area contributed by atoms with Crippen LogP contribution in [0.3, 0.4) is 0 Å². The van der Waals surface area contributed by atoms with E-state index >= 15 is 0 Å². The number of carbonyl (C=O) groups is 2. The number of hydrogen-bond donors (Lipinski definition) is 1. The first-order chi connectivity index (χ1) is 15.1. The number of carbonyl (C=O) groups excluding carboxylic acids is 2. The van der Waals surface area contributed by atoms with Crippen LogP contribution in [0.2, 0.25) is 0 Å². The molecule has 4 rings (SSSR count). The van der Waals surface area contributed by atoms with Crippen LogP contribution < -0.4 is 5.32 Å². The monoisotopic (exact) mass is 416 g/mol. The number of piperidine rings is 1. The van der Waals surface area contributed by atoms with Crippen molar-refractivity contribution in [3.8, 4) is 16.8 Å². The maximum atomic E-state index is 12.9. The fourth-order valence-corrected chi connectivity index (χ4v) is 4.07. The van der Waals surface area contributed by atoms with Gasteiger partial charge in [0.1, 0.15) is 5.82 Å². The van der Waals surface area contributed by atoms with Crippen LogP contribution >= 0.6 is 0 Å². The molecule has 0 atom stereocenters. The summed E-state index contributed by atoms with van der Waals surface area (Å²) in [5.74, 6) is 0.510. The molecule has 0 aliphatic carbocycles. The van der Waals surface area contributed by atoms with Crippen LogP contribution in [0.25, 0.3) is 16.8 Å². The van der Waals surface area contributed by atoms with E-state index in [1.807, 2.05) is 72.5 Å². The van der Waals surface area contributed by atoms with Gasteiger partial charge in [0.2, 0.25) is 11.8 Å². The lowest BCUT2D eigenvalue weighted by molar-refractivity contribution is -0.133. The third-order valence-corrected chi connectivity index (χ3v) is 5.66. The highest BCUT2D eigenvalue weighted by molar-refractivity contribution is 5.97. The van der Waals surface area contributed by atoms with E-state index in [4.69, 9.17) is 5.10 Å². The molecule has 1 N–H and O–H groups in total. The van der Waals surface area contributed by atoms with Crippen LogP contribution in [0.15, 0.2) is 60.7 Å². The number of rotatable bonds is 6. The van der Waals surface area contributed by atoms with Gasteiger partial charge in [0.25, 0.3) is 0 Å². The molecule has 0 bridgehead atoms. The number of aromatic nitrogens is 2. The maximum absolute atomic E-state index is 12.9. The third-order valence-electron chi connectivity index (χ3n) is 5.66. The number of nitrogens with zero attached hydrogens (tertiary/aromatic N) is 3. The van der Waals surface area contributed by atoms with E-state index in [1.165, 1.54) is 6.42 Å². The Balaban J connectivity index is 1.57. The zero-order valence-corrected chi connectivity index (χ0v) is 17.9. The van der Waals surface area contributed by atoms with Gasteiger partial charge in [-0.15, -0.1) is 0 Å². The molecule has 160 valence electrons. The maximum Gasteiger partial charge on any atom is 0.226 e. The zero-order valence-electron chi connectivity index (χ0n) is 17.9. The highest BCUT2D eigenvalue weighted by Gasteiger charge is 2.21. The average Bonchev–Trinajstić information content (AvgIpc) is 3.14. The first kappa shape index (κ1) is 20.8. The molecule has 6 heteroatoms. The molecule has 1 saturated heterocycles. The third kappa shape index (κ3) is 4.85. The number of benzene rings is 2. The first-order valence-electron chi connectivity index (χ1n) is 10.9. The molecule has 31 heavy (non-hydrogen) atoms. The van der Waals surface area contributed by atoms with Crippen molar-refractivity contribution in [1.29, 1.82) is 0 Å². The van der Waals surface area contributed by atoms with Gasteiger partial charge in [0.15, 0.2) is 0 Å². The molecule has 1 aromatic heterocycles. The zero-order chi connectivity index (χ0) is 21.6. The van der Waals surface area contributed by atoms with Gasteiger partial charge in [-0.3, -0.25) is 9.59 Å². The predicted octanol–water partition coefficient (Wildman–Crippen LogP) is 4.58. The number of amides is 2. The van der Waals surface area contributed by atoms with Gasteiger partial charge in [-0.05, 0) is 43.9 Å². The summed E-state index contributed by atoms with van der Waals surface area (Å²) in [5.41, 5.74) is 3.57. The molecule has 2 aromatic carbocycles. The topological polar surface area (TPSA) is 67.2 Å². The fraction of sp³-hybridized carbons (Fsp3) is 0.320. The van der Waals surface area contributed by atoms with Crippen molar-refractivity contribution in [2.45, 2.75) is 39.0 Å². The van der Waals surface area contributed by atoms with Crippen molar-refractivity contribution in [2.75, 3.05) is 18.4 Å². The second-order valence-corrected chi connectivity index (χ2v) is 7.91. The molecule has 2 heterocycles. The Kier molecular flexibility index (Phi) is 6.46. The van der Waals surface area contributed by atoms with Gasteiger partial charge in [0, 0.05) is 31.5 Å². The standard InChI is InChI=1S/C25H28N4O2/c1-19-24(20-11-5-2-6-12-20)25(29(27-19)21-13-7-3-8-14-21)26-22(30)15-16-23(31)28-17-9-4-10-18-28/h2-3,5-8,11-14H,4,9-10,15-18H2,1H3,(H,26,30). The predicted molar refractivity (Wildman–Crippen MR) is 122 cm³/mol. The van der Waals surface area contributed by atoms with Crippen LogP contribution in [0, 0.1) is 6.92 Å². The Morgan fingerprint density at radius 1 is 0.903 bits per heavy atom. The summed E-state index contributed by atoms with van der Waals surface area (Å²) in [6.45, 7) is 3.55. The summed E-state index contributed by atoms with van der Waals surface area (Å²) >= 11 is 0. The van der Waals surface area contributed by atoms with E-state index in [2.05, 4.69) is 5.32 Å². The number of para-hydroxylation sites is 1. The Labute approximate surface area is 182 Å². The molecular formula is C25H28N4O2. The lowest BCUT2D eigenvalue weighted by Crippen LogP contribution is -2.36. The highest BCUT2D eigenvalue weighted by Crippen LogP contribution is 2.33. The molecule has 0 radical (unpaired) electrons. The van der Waals surface area contributed by atoms with Gasteiger partial charge < -0.3 is 10.2 Å². The number of likely N-dealkylation sites (tertiary alicyclic amines) is 1. The molecule has 1 aliphatic heterocycles. The number of aryl methyl sites for hydroxylation is 1. The van der Waals surface area contributed by atoms with E-state index in [-0.39, 0.29) is 24.7 Å². The minimum Gasteiger partial charge on any atom is -0.343 e. The molecule has 2 amide bonds. The summed E-state index contributed by atoms with van der Waals surface area (Å²) in [7, 11) is 0. The number of anilines is 1. The summed E-state index contributed by atoms with van der Waals surface area (Å²) in [6, 6.07) is 19.7. The smallest absolute Gasteiger partial charge is 0.226 e. The van der Waals surface area contributed by atoms with Crippen molar-refractivity contribution in [1.82, 2.24) is 14.7 Å². The van der Waals surface area contributed by atoms with Crippen LogP contribution in [0.1, 0.15) is 37.8 Å². The fourth-order valence-electron chi connectivity index (χ4n) is 4.07. The normalized spacial score (nSPS) is 13.8. The second kappa shape index (κ2) is 9.60. The largest absolute Gasteiger partial charge is 0.343 e. The lowest BCUT2D eigenvalue weighted by Gasteiger charge is -2.26. The van der Waals surface area contributed by atoms with Crippen LogP contribution in [0.4, 0.5) is 5.82 Å². The van der Waals surface area contributed by atoms with Crippen molar-refractivity contribution >= 4 is 17.6 Å². The van der Waals surface area contributed by atoms with Crippen molar-refractivity contribution in [3.63, 3.8) is 0 Å². The van der Waals surface area contributed by atoms with Gasteiger partial charge >= 0.3 is 0 Å². The molecule has 0 saturated carbocycles. The summed E-state index contributed by atoms with van der Waals surface area (Å²) in [6.07, 6.45) is 3.66. The van der Waals surface area contributed by atoms with E-state index in [0.717, 1.165) is 48.4 Å². The molecule has 6 nitrogen and oxygen atoms in total. The van der Waals surface area contributed by atoms with E-state index in [1.54, 1.807) is 4.68 Å². The van der Waals surface area contributed by atoms with Crippen LogP contribution in [-0.4, -0.2) is 39.6 Å². The van der Waals surface area contributed by atoms with Gasteiger partial charge in [-0.1, -0.05) is 48.5 Å². The molecule has 1 aliphatic rings. The summed E-state index contributed by atoms with van der Waals surface area (Å²) < 4.78 is 1.77. The van der Waals surface area contributed by atoms with Gasteiger partial charge in [-0.2, -0.15) is 5.10 Å².